The summed E-state index contributed by atoms with van der Waals surface area (Å²) < 4.78 is 7.42. The van der Waals surface area contributed by atoms with Crippen LogP contribution in [0.4, 0.5) is 5.69 Å². The van der Waals surface area contributed by atoms with E-state index in [4.69, 9.17) is 4.74 Å². The van der Waals surface area contributed by atoms with E-state index in [1.807, 2.05) is 16.7 Å². The van der Waals surface area contributed by atoms with Crippen molar-refractivity contribution in [1.29, 1.82) is 0 Å². The second-order valence-electron chi connectivity index (χ2n) is 6.27. The summed E-state index contributed by atoms with van der Waals surface area (Å²) in [6.45, 7) is 6.47. The van der Waals surface area contributed by atoms with Crippen LogP contribution in [0, 0.1) is 0 Å². The van der Waals surface area contributed by atoms with E-state index < -0.39 is 0 Å². The minimum Gasteiger partial charge on any atom is -0.379 e. The third-order valence-corrected chi connectivity index (χ3v) is 4.55. The Morgan fingerprint density at radius 2 is 1.92 bits per heavy atom. The van der Waals surface area contributed by atoms with Gasteiger partial charge in [-0.25, -0.2) is 9.97 Å². The number of anilines is 1. The monoisotopic (exact) mass is 337 g/mol. The molecule has 0 radical (unpaired) electrons. The second-order valence-corrected chi connectivity index (χ2v) is 6.27. The zero-order chi connectivity index (χ0) is 16.9. The average Bonchev–Trinajstić information content (AvgIpc) is 3.09. The zero-order valence-electron chi connectivity index (χ0n) is 14.3. The van der Waals surface area contributed by atoms with Crippen LogP contribution in [0.2, 0.25) is 0 Å². The minimum absolute atomic E-state index is 0.749. The third kappa shape index (κ3) is 3.97. The maximum atomic E-state index is 5.45. The van der Waals surface area contributed by atoms with Gasteiger partial charge in [0, 0.05) is 50.5 Å². The molecule has 0 unspecified atom stereocenters. The molecule has 25 heavy (non-hydrogen) atoms. The molecule has 0 spiro atoms. The van der Waals surface area contributed by atoms with Crippen molar-refractivity contribution in [2.75, 3.05) is 44.3 Å². The number of ether oxygens (including phenoxy) is 1. The topological polar surface area (TPSA) is 45.9 Å². The van der Waals surface area contributed by atoms with Gasteiger partial charge in [0.15, 0.2) is 0 Å². The van der Waals surface area contributed by atoms with Crippen LogP contribution >= 0.6 is 0 Å². The van der Waals surface area contributed by atoms with E-state index in [1.165, 1.54) is 5.69 Å². The third-order valence-electron chi connectivity index (χ3n) is 4.55. The zero-order valence-corrected chi connectivity index (χ0v) is 14.3. The van der Waals surface area contributed by atoms with Crippen molar-refractivity contribution in [2.24, 2.45) is 0 Å². The summed E-state index contributed by atoms with van der Waals surface area (Å²) in [4.78, 5) is 13.8. The maximum absolute atomic E-state index is 5.45. The molecule has 1 saturated heterocycles. The first kappa shape index (κ1) is 16.1. The lowest BCUT2D eigenvalue weighted by molar-refractivity contribution is 0.0391. The molecule has 1 fully saturated rings. The fourth-order valence-electron chi connectivity index (χ4n) is 3.18. The number of hydrogen-bond acceptors (Lipinski definition) is 5. The van der Waals surface area contributed by atoms with Crippen LogP contribution < -0.4 is 4.90 Å². The Morgan fingerprint density at radius 3 is 2.72 bits per heavy atom. The standard InChI is InChI=1S/C19H23N5O/c1-2-5-18(6-3-1)23(10-9-22-11-13-25-14-12-22)15-17-16-24-8-4-7-20-19(24)21-17/h1-8,16H,9-15H2. The summed E-state index contributed by atoms with van der Waals surface area (Å²) in [7, 11) is 0. The summed E-state index contributed by atoms with van der Waals surface area (Å²) in [5, 5.41) is 0. The fourth-order valence-corrected chi connectivity index (χ4v) is 3.18. The summed E-state index contributed by atoms with van der Waals surface area (Å²) in [5.41, 5.74) is 2.25. The largest absolute Gasteiger partial charge is 0.379 e. The predicted octanol–water partition coefficient (Wildman–Crippen LogP) is 2.07. The molecule has 1 aromatic carbocycles. The molecule has 2 aromatic heterocycles. The van der Waals surface area contributed by atoms with Gasteiger partial charge >= 0.3 is 0 Å². The highest BCUT2D eigenvalue weighted by Crippen LogP contribution is 2.17. The van der Waals surface area contributed by atoms with Crippen LogP contribution in [0.5, 0.6) is 0 Å². The van der Waals surface area contributed by atoms with E-state index in [0.717, 1.165) is 57.4 Å². The van der Waals surface area contributed by atoms with Crippen molar-refractivity contribution in [3.63, 3.8) is 0 Å². The van der Waals surface area contributed by atoms with Crippen molar-refractivity contribution >= 4 is 11.5 Å². The van der Waals surface area contributed by atoms with Gasteiger partial charge in [0.05, 0.1) is 25.5 Å². The normalized spacial score (nSPS) is 15.5. The first-order chi connectivity index (χ1) is 12.4. The molecule has 3 aromatic rings. The van der Waals surface area contributed by atoms with Gasteiger partial charge in [-0.1, -0.05) is 18.2 Å². The number of aromatic nitrogens is 3. The van der Waals surface area contributed by atoms with Crippen molar-refractivity contribution in [3.8, 4) is 0 Å². The maximum Gasteiger partial charge on any atom is 0.233 e. The molecule has 1 aliphatic rings. The number of fused-ring (bicyclic) bond motifs is 1. The van der Waals surface area contributed by atoms with Gasteiger partial charge in [-0.15, -0.1) is 0 Å². The molecule has 0 N–H and O–H groups in total. The molecule has 6 nitrogen and oxygen atoms in total. The number of nitrogens with zero attached hydrogens (tertiary/aromatic N) is 5. The number of morpholine rings is 1. The van der Waals surface area contributed by atoms with Crippen LogP contribution in [0.15, 0.2) is 55.0 Å². The molecular formula is C19H23N5O. The lowest BCUT2D eigenvalue weighted by Crippen LogP contribution is -2.41. The summed E-state index contributed by atoms with van der Waals surface area (Å²) in [5.74, 6) is 0.749. The highest BCUT2D eigenvalue weighted by Gasteiger charge is 2.14. The first-order valence-corrected chi connectivity index (χ1v) is 8.77. The Balaban J connectivity index is 1.50. The molecule has 6 heteroatoms. The van der Waals surface area contributed by atoms with E-state index >= 15 is 0 Å². The van der Waals surface area contributed by atoms with Gasteiger partial charge < -0.3 is 9.64 Å². The van der Waals surface area contributed by atoms with Crippen LogP contribution in [-0.2, 0) is 11.3 Å². The van der Waals surface area contributed by atoms with Gasteiger partial charge in [0.2, 0.25) is 5.78 Å². The lowest BCUT2D eigenvalue weighted by atomic mass is 10.2. The Labute approximate surface area is 147 Å². The van der Waals surface area contributed by atoms with Crippen molar-refractivity contribution in [2.45, 2.75) is 6.54 Å². The predicted molar refractivity (Wildman–Crippen MR) is 97.7 cm³/mol. The van der Waals surface area contributed by atoms with E-state index in [2.05, 4.69) is 56.3 Å². The van der Waals surface area contributed by atoms with E-state index in [-0.39, 0.29) is 0 Å². The number of imidazole rings is 1. The Bertz CT molecular complexity index is 765. The average molecular weight is 337 g/mol. The first-order valence-electron chi connectivity index (χ1n) is 8.77. The highest BCUT2D eigenvalue weighted by atomic mass is 16.5. The molecular weight excluding hydrogens is 314 g/mol. The molecule has 1 aliphatic heterocycles. The van der Waals surface area contributed by atoms with Gasteiger partial charge in [0.1, 0.15) is 0 Å². The Hall–Kier alpha value is -2.44. The molecule has 0 atom stereocenters. The molecule has 130 valence electrons. The van der Waals surface area contributed by atoms with E-state index in [9.17, 15) is 0 Å². The Morgan fingerprint density at radius 1 is 1.08 bits per heavy atom. The summed E-state index contributed by atoms with van der Waals surface area (Å²) >= 11 is 0. The number of hydrogen-bond donors (Lipinski definition) is 0. The molecule has 0 aliphatic carbocycles. The van der Waals surface area contributed by atoms with Crippen LogP contribution in [0.3, 0.4) is 0 Å². The van der Waals surface area contributed by atoms with Crippen LogP contribution in [-0.4, -0.2) is 58.7 Å². The number of rotatable bonds is 6. The lowest BCUT2D eigenvalue weighted by Gasteiger charge is -2.30. The number of benzene rings is 1. The van der Waals surface area contributed by atoms with Crippen LogP contribution in [0.25, 0.3) is 5.78 Å². The fraction of sp³-hybridized carbons (Fsp3) is 0.368. The number of para-hydroxylation sites is 1. The highest BCUT2D eigenvalue weighted by molar-refractivity contribution is 5.46. The minimum atomic E-state index is 0.749. The van der Waals surface area contributed by atoms with Gasteiger partial charge in [0.25, 0.3) is 0 Å². The summed E-state index contributed by atoms with van der Waals surface area (Å²) in [6, 6.07) is 12.5. The molecule has 4 rings (SSSR count). The van der Waals surface area contributed by atoms with Crippen molar-refractivity contribution < 1.29 is 4.74 Å². The smallest absolute Gasteiger partial charge is 0.233 e. The molecule has 0 amide bonds. The second kappa shape index (κ2) is 7.63. The quantitative estimate of drug-likeness (QED) is 0.689. The van der Waals surface area contributed by atoms with Crippen LogP contribution in [0.1, 0.15) is 5.69 Å². The van der Waals surface area contributed by atoms with Gasteiger partial charge in [-0.3, -0.25) is 9.30 Å². The van der Waals surface area contributed by atoms with Crippen molar-refractivity contribution in [3.05, 3.63) is 60.7 Å². The van der Waals surface area contributed by atoms with Crippen molar-refractivity contribution in [1.82, 2.24) is 19.3 Å². The Kier molecular flexibility index (Phi) is 4.90. The van der Waals surface area contributed by atoms with Gasteiger partial charge in [-0.2, -0.15) is 0 Å². The van der Waals surface area contributed by atoms with Gasteiger partial charge in [-0.05, 0) is 18.2 Å². The van der Waals surface area contributed by atoms with E-state index in [0.29, 0.717) is 0 Å². The summed E-state index contributed by atoms with van der Waals surface area (Å²) in [6.07, 6.45) is 5.83. The molecule has 0 bridgehead atoms. The molecule has 0 saturated carbocycles. The molecule has 3 heterocycles. The SMILES string of the molecule is c1ccc(N(CCN2CCOCC2)Cc2cn3cccnc3n2)cc1. The van der Waals surface area contributed by atoms with E-state index in [1.54, 1.807) is 6.20 Å².